The second-order valence-electron chi connectivity index (χ2n) is 5.91. The van der Waals surface area contributed by atoms with Crippen molar-refractivity contribution in [2.45, 2.75) is 38.9 Å². The van der Waals surface area contributed by atoms with Gasteiger partial charge in [0.15, 0.2) is 0 Å². The maximum Gasteiger partial charge on any atom is 0.410 e. The van der Waals surface area contributed by atoms with E-state index in [2.05, 4.69) is 22.0 Å². The minimum Gasteiger partial charge on any atom is -0.444 e. The summed E-state index contributed by atoms with van der Waals surface area (Å²) in [5, 5.41) is 0. The van der Waals surface area contributed by atoms with Crippen LogP contribution in [0.15, 0.2) is 9.85 Å². The molecule has 1 atom stereocenters. The lowest BCUT2D eigenvalue weighted by atomic mass is 10.1. The highest BCUT2D eigenvalue weighted by molar-refractivity contribution is 9.11. The number of hydrogen-bond donors (Lipinski definition) is 0. The Bertz CT molecular complexity index is 495. The average Bonchev–Trinajstić information content (AvgIpc) is 2.68. The first-order valence-corrected chi connectivity index (χ1v) is 8.21. The number of thiophene rings is 1. The van der Waals surface area contributed by atoms with Crippen LogP contribution in [0.2, 0.25) is 0 Å². The van der Waals surface area contributed by atoms with Crippen molar-refractivity contribution in [3.8, 4) is 0 Å². The van der Waals surface area contributed by atoms with Crippen LogP contribution in [0.5, 0.6) is 0 Å². The monoisotopic (exact) mass is 361 g/mol. The Balaban J connectivity index is 2.02. The van der Waals surface area contributed by atoms with Gasteiger partial charge in [0, 0.05) is 11.9 Å². The van der Waals surface area contributed by atoms with Crippen molar-refractivity contribution < 1.29 is 14.3 Å². The van der Waals surface area contributed by atoms with Gasteiger partial charge >= 0.3 is 6.09 Å². The third-order valence-electron chi connectivity index (χ3n) is 2.94. The van der Waals surface area contributed by atoms with Crippen LogP contribution >= 0.6 is 27.3 Å². The molecule has 0 bridgehead atoms. The molecule has 2 heterocycles. The van der Waals surface area contributed by atoms with Crippen molar-refractivity contribution in [3.05, 3.63) is 20.3 Å². The van der Waals surface area contributed by atoms with E-state index in [1.54, 1.807) is 23.3 Å². The Kier molecular flexibility index (Phi) is 4.76. The molecule has 0 fully saturated rings. The Morgan fingerprint density at radius 1 is 1.60 bits per heavy atom. The third-order valence-corrected chi connectivity index (χ3v) is 4.71. The smallest absolute Gasteiger partial charge is 0.410 e. The number of nitrogens with zero attached hydrogens (tertiary/aromatic N) is 1. The number of carbonyl (C=O) groups is 1. The van der Waals surface area contributed by atoms with Crippen molar-refractivity contribution in [1.29, 1.82) is 0 Å². The fourth-order valence-corrected chi connectivity index (χ4v) is 3.84. The van der Waals surface area contributed by atoms with Gasteiger partial charge in [-0.3, -0.25) is 0 Å². The van der Waals surface area contributed by atoms with Gasteiger partial charge in [-0.2, -0.15) is 0 Å². The van der Waals surface area contributed by atoms with Gasteiger partial charge < -0.3 is 14.4 Å². The molecule has 0 spiro atoms. The van der Waals surface area contributed by atoms with Crippen LogP contribution in [0.25, 0.3) is 0 Å². The SMILES string of the molecule is CN(CC1OCCc2cc(Br)sc21)C(=O)OC(C)(C)C. The third kappa shape index (κ3) is 3.96. The topological polar surface area (TPSA) is 38.8 Å². The largest absolute Gasteiger partial charge is 0.444 e. The molecule has 20 heavy (non-hydrogen) atoms. The molecule has 6 heteroatoms. The molecule has 4 nitrogen and oxygen atoms in total. The molecule has 1 unspecified atom stereocenters. The summed E-state index contributed by atoms with van der Waals surface area (Å²) in [6.45, 7) is 6.80. The van der Waals surface area contributed by atoms with Gasteiger partial charge in [0.05, 0.1) is 16.9 Å². The van der Waals surface area contributed by atoms with Gasteiger partial charge in [0.25, 0.3) is 0 Å². The van der Waals surface area contributed by atoms with Crippen molar-refractivity contribution in [2.24, 2.45) is 0 Å². The number of rotatable bonds is 2. The molecule has 1 amide bonds. The summed E-state index contributed by atoms with van der Waals surface area (Å²) < 4.78 is 12.3. The van der Waals surface area contributed by atoms with Gasteiger partial charge in [-0.05, 0) is 54.8 Å². The molecular weight excluding hydrogens is 342 g/mol. The van der Waals surface area contributed by atoms with E-state index in [9.17, 15) is 4.79 Å². The first kappa shape index (κ1) is 15.8. The predicted octanol–water partition coefficient (Wildman–Crippen LogP) is 3.99. The Morgan fingerprint density at radius 2 is 2.30 bits per heavy atom. The van der Waals surface area contributed by atoms with Gasteiger partial charge in [-0.1, -0.05) is 0 Å². The first-order chi connectivity index (χ1) is 9.26. The van der Waals surface area contributed by atoms with Crippen molar-refractivity contribution in [3.63, 3.8) is 0 Å². The number of hydrogen-bond acceptors (Lipinski definition) is 4. The number of amides is 1. The molecule has 1 aromatic heterocycles. The quantitative estimate of drug-likeness (QED) is 0.799. The summed E-state index contributed by atoms with van der Waals surface area (Å²) in [6, 6.07) is 2.14. The van der Waals surface area contributed by atoms with Crippen molar-refractivity contribution in [2.75, 3.05) is 20.2 Å². The first-order valence-electron chi connectivity index (χ1n) is 6.60. The van der Waals surface area contributed by atoms with Crippen LogP contribution in [0, 0.1) is 0 Å². The second kappa shape index (κ2) is 6.03. The Hall–Kier alpha value is -0.590. The highest BCUT2D eigenvalue weighted by Crippen LogP contribution is 2.37. The van der Waals surface area contributed by atoms with E-state index in [1.807, 2.05) is 20.8 Å². The van der Waals surface area contributed by atoms with E-state index in [0.29, 0.717) is 13.2 Å². The van der Waals surface area contributed by atoms with Crippen LogP contribution in [-0.4, -0.2) is 36.8 Å². The molecular formula is C14H20BrNO3S. The van der Waals surface area contributed by atoms with Gasteiger partial charge in [0.2, 0.25) is 0 Å². The molecule has 0 saturated carbocycles. The zero-order chi connectivity index (χ0) is 14.9. The normalized spacial score (nSPS) is 18.6. The predicted molar refractivity (Wildman–Crippen MR) is 83.3 cm³/mol. The fraction of sp³-hybridized carbons (Fsp3) is 0.643. The fourth-order valence-electron chi connectivity index (χ4n) is 2.06. The number of fused-ring (bicyclic) bond motifs is 1. The van der Waals surface area contributed by atoms with Crippen LogP contribution < -0.4 is 0 Å². The molecule has 2 rings (SSSR count). The molecule has 0 aromatic carbocycles. The Morgan fingerprint density at radius 3 is 2.95 bits per heavy atom. The van der Waals surface area contributed by atoms with Gasteiger partial charge in [0.1, 0.15) is 11.7 Å². The molecule has 0 radical (unpaired) electrons. The molecule has 0 N–H and O–H groups in total. The van der Waals surface area contributed by atoms with E-state index < -0.39 is 5.60 Å². The summed E-state index contributed by atoms with van der Waals surface area (Å²) >= 11 is 5.19. The van der Waals surface area contributed by atoms with Crippen LogP contribution in [0.3, 0.4) is 0 Å². The molecule has 1 aliphatic heterocycles. The lowest BCUT2D eigenvalue weighted by Gasteiger charge is -2.29. The van der Waals surface area contributed by atoms with Crippen molar-refractivity contribution >= 4 is 33.4 Å². The summed E-state index contributed by atoms with van der Waals surface area (Å²) in [5.41, 5.74) is 0.839. The zero-order valence-corrected chi connectivity index (χ0v) is 14.6. The summed E-state index contributed by atoms with van der Waals surface area (Å²) in [6.07, 6.45) is 0.556. The van der Waals surface area contributed by atoms with Gasteiger partial charge in [-0.15, -0.1) is 11.3 Å². The lowest BCUT2D eigenvalue weighted by molar-refractivity contribution is -0.000231. The number of halogens is 1. The van der Waals surface area contributed by atoms with Gasteiger partial charge in [-0.25, -0.2) is 4.79 Å². The standard InChI is InChI=1S/C14H20BrNO3S/c1-14(2,3)19-13(17)16(4)8-10-12-9(5-6-18-10)7-11(15)20-12/h7,10H,5-6,8H2,1-4H3. The number of ether oxygens (including phenoxy) is 2. The highest BCUT2D eigenvalue weighted by Gasteiger charge is 2.28. The van der Waals surface area contributed by atoms with E-state index in [-0.39, 0.29) is 12.2 Å². The second-order valence-corrected chi connectivity index (χ2v) is 8.37. The minimum atomic E-state index is -0.476. The molecule has 0 aliphatic carbocycles. The van der Waals surface area contributed by atoms with Crippen LogP contribution in [-0.2, 0) is 15.9 Å². The van der Waals surface area contributed by atoms with E-state index in [4.69, 9.17) is 9.47 Å². The van der Waals surface area contributed by atoms with Crippen molar-refractivity contribution in [1.82, 2.24) is 4.90 Å². The maximum absolute atomic E-state index is 12.0. The molecule has 112 valence electrons. The summed E-state index contributed by atoms with van der Waals surface area (Å²) in [7, 11) is 1.74. The number of likely N-dealkylation sites (N-methyl/N-ethyl adjacent to an activating group) is 1. The minimum absolute atomic E-state index is 0.0624. The number of carbonyl (C=O) groups excluding carboxylic acids is 1. The maximum atomic E-state index is 12.0. The van der Waals surface area contributed by atoms with E-state index in [1.165, 1.54) is 10.4 Å². The lowest BCUT2D eigenvalue weighted by Crippen LogP contribution is -2.37. The molecule has 0 saturated heterocycles. The van der Waals surface area contributed by atoms with E-state index in [0.717, 1.165) is 10.2 Å². The molecule has 1 aromatic rings. The van der Waals surface area contributed by atoms with Crippen LogP contribution in [0.1, 0.15) is 37.3 Å². The van der Waals surface area contributed by atoms with Crippen LogP contribution in [0.4, 0.5) is 4.79 Å². The van der Waals surface area contributed by atoms with E-state index >= 15 is 0 Å². The average molecular weight is 362 g/mol. The highest BCUT2D eigenvalue weighted by atomic mass is 79.9. The summed E-state index contributed by atoms with van der Waals surface area (Å²) in [4.78, 5) is 14.8. The molecule has 1 aliphatic rings. The Labute approximate surface area is 132 Å². The zero-order valence-electron chi connectivity index (χ0n) is 12.2. The summed E-state index contributed by atoms with van der Waals surface area (Å²) in [5.74, 6) is 0.